The second kappa shape index (κ2) is 10.4. The van der Waals surface area contributed by atoms with E-state index < -0.39 is 5.60 Å². The summed E-state index contributed by atoms with van der Waals surface area (Å²) in [5.74, 6) is 0.820. The van der Waals surface area contributed by atoms with Crippen molar-refractivity contribution in [2.24, 2.45) is 0 Å². The number of unbranched alkanes of at least 4 members (excludes halogenated alkanes) is 1. The maximum absolute atomic E-state index is 12.1. The largest absolute Gasteiger partial charge is 0.492 e. The molecule has 0 spiro atoms. The van der Waals surface area contributed by atoms with Crippen molar-refractivity contribution in [2.75, 3.05) is 56.9 Å². The van der Waals surface area contributed by atoms with Crippen LogP contribution in [0, 0.1) is 0 Å². The molecule has 1 fully saturated rings. The molecule has 0 bridgehead atoms. The number of carbonyl (C=O) groups is 1. The Balaban J connectivity index is 1.71. The van der Waals surface area contributed by atoms with E-state index in [1.165, 1.54) is 0 Å². The van der Waals surface area contributed by atoms with Gasteiger partial charge in [0, 0.05) is 45.3 Å². The van der Waals surface area contributed by atoms with Crippen molar-refractivity contribution in [1.82, 2.24) is 9.80 Å². The van der Waals surface area contributed by atoms with Crippen molar-refractivity contribution in [3.63, 3.8) is 0 Å². The molecule has 0 aliphatic carbocycles. The highest BCUT2D eigenvalue weighted by Gasteiger charge is 2.25. The highest BCUT2D eigenvalue weighted by Crippen LogP contribution is 2.24. The first-order valence-corrected chi connectivity index (χ1v) is 10.2. The van der Waals surface area contributed by atoms with Crippen LogP contribution in [0.5, 0.6) is 5.75 Å². The summed E-state index contributed by atoms with van der Waals surface area (Å²) in [5, 5.41) is 3.36. The van der Waals surface area contributed by atoms with E-state index in [-0.39, 0.29) is 6.09 Å². The van der Waals surface area contributed by atoms with Gasteiger partial charge in [-0.3, -0.25) is 4.90 Å². The molecule has 1 saturated heterocycles. The summed E-state index contributed by atoms with van der Waals surface area (Å²) in [5.41, 5.74) is 7.24. The molecule has 3 N–H and O–H groups in total. The monoisotopic (exact) mass is 392 g/mol. The molecule has 1 aromatic rings. The number of amides is 1. The predicted octanol–water partition coefficient (Wildman–Crippen LogP) is 3.41. The zero-order valence-electron chi connectivity index (χ0n) is 17.8. The number of piperazine rings is 1. The topological polar surface area (TPSA) is 80.1 Å². The number of hydrogen-bond donors (Lipinski definition) is 2. The van der Waals surface area contributed by atoms with Crippen LogP contribution in [0.3, 0.4) is 0 Å². The van der Waals surface area contributed by atoms with E-state index in [4.69, 9.17) is 15.2 Å². The number of ether oxygens (including phenoxy) is 2. The molecule has 2 rings (SSSR count). The van der Waals surface area contributed by atoms with Crippen LogP contribution >= 0.6 is 0 Å². The Kier molecular flexibility index (Phi) is 8.23. The number of nitrogens with one attached hydrogen (secondary N) is 1. The number of hydrogen-bond acceptors (Lipinski definition) is 6. The van der Waals surface area contributed by atoms with Crippen LogP contribution in [0.25, 0.3) is 0 Å². The third-order valence-corrected chi connectivity index (χ3v) is 4.57. The Hall–Kier alpha value is -2.15. The van der Waals surface area contributed by atoms with Crippen LogP contribution in [0.4, 0.5) is 16.2 Å². The van der Waals surface area contributed by atoms with E-state index in [0.29, 0.717) is 19.7 Å². The summed E-state index contributed by atoms with van der Waals surface area (Å²) in [6.45, 7) is 13.2. The molecule has 0 atom stereocenters. The Bertz CT molecular complexity index is 623. The molecule has 1 aliphatic rings. The zero-order chi connectivity index (χ0) is 20.6. The SMILES string of the molecule is CCCCNc1cc(OCCN2CCN(C(=O)OC(C)(C)C)CC2)ccc1N. The van der Waals surface area contributed by atoms with Crippen LogP contribution in [0.1, 0.15) is 40.5 Å². The second-order valence-corrected chi connectivity index (χ2v) is 8.19. The van der Waals surface area contributed by atoms with Gasteiger partial charge in [0.05, 0.1) is 11.4 Å². The highest BCUT2D eigenvalue weighted by molar-refractivity contribution is 5.68. The van der Waals surface area contributed by atoms with Crippen LogP contribution in [-0.2, 0) is 4.74 Å². The molecular weight excluding hydrogens is 356 g/mol. The van der Waals surface area contributed by atoms with Crippen molar-refractivity contribution in [3.8, 4) is 5.75 Å². The van der Waals surface area contributed by atoms with Gasteiger partial charge in [-0.05, 0) is 39.3 Å². The minimum atomic E-state index is -0.453. The van der Waals surface area contributed by atoms with E-state index in [2.05, 4.69) is 17.1 Å². The molecule has 1 aromatic carbocycles. The predicted molar refractivity (Wildman–Crippen MR) is 114 cm³/mol. The summed E-state index contributed by atoms with van der Waals surface area (Å²) in [4.78, 5) is 16.2. The zero-order valence-corrected chi connectivity index (χ0v) is 17.8. The standard InChI is InChI=1S/C21H36N4O3/c1-5-6-9-23-19-16-17(7-8-18(19)22)27-15-14-24-10-12-25(13-11-24)20(26)28-21(2,3)4/h7-8,16,23H,5-6,9-15,22H2,1-4H3. The number of nitrogens with zero attached hydrogens (tertiary/aromatic N) is 2. The molecule has 0 unspecified atom stereocenters. The molecule has 1 aliphatic heterocycles. The summed E-state index contributed by atoms with van der Waals surface area (Å²) in [7, 11) is 0. The second-order valence-electron chi connectivity index (χ2n) is 8.19. The van der Waals surface area contributed by atoms with Crippen LogP contribution < -0.4 is 15.8 Å². The maximum Gasteiger partial charge on any atom is 0.410 e. The first-order chi connectivity index (χ1) is 13.3. The minimum Gasteiger partial charge on any atom is -0.492 e. The van der Waals surface area contributed by atoms with Gasteiger partial charge in [0.15, 0.2) is 0 Å². The molecule has 28 heavy (non-hydrogen) atoms. The fourth-order valence-corrected chi connectivity index (χ4v) is 2.95. The molecule has 0 aromatic heterocycles. The maximum atomic E-state index is 12.1. The quantitative estimate of drug-likeness (QED) is 0.521. The molecule has 7 nitrogen and oxygen atoms in total. The van der Waals surface area contributed by atoms with Crippen LogP contribution in [-0.4, -0.2) is 67.4 Å². The summed E-state index contributed by atoms with van der Waals surface area (Å²) in [6.07, 6.45) is 2.03. The normalized spacial score (nSPS) is 15.4. The third-order valence-electron chi connectivity index (χ3n) is 4.57. The van der Waals surface area contributed by atoms with Gasteiger partial charge in [-0.2, -0.15) is 0 Å². The summed E-state index contributed by atoms with van der Waals surface area (Å²) >= 11 is 0. The first-order valence-electron chi connectivity index (χ1n) is 10.2. The number of nitrogen functional groups attached to an aromatic ring is 1. The van der Waals surface area contributed by atoms with E-state index in [1.807, 2.05) is 39.0 Å². The Labute approximate surface area is 169 Å². The van der Waals surface area contributed by atoms with Gasteiger partial charge < -0.3 is 25.4 Å². The molecule has 0 radical (unpaired) electrons. The molecule has 1 amide bonds. The lowest BCUT2D eigenvalue weighted by molar-refractivity contribution is 0.0137. The van der Waals surface area contributed by atoms with Crippen molar-refractivity contribution in [2.45, 2.75) is 46.1 Å². The minimum absolute atomic E-state index is 0.228. The van der Waals surface area contributed by atoms with Gasteiger partial charge in [0.2, 0.25) is 0 Å². The molecular formula is C21H36N4O3. The first kappa shape index (κ1) is 22.1. The summed E-state index contributed by atoms with van der Waals surface area (Å²) in [6, 6.07) is 5.75. The number of benzene rings is 1. The Morgan fingerprint density at radius 2 is 1.93 bits per heavy atom. The lowest BCUT2D eigenvalue weighted by Crippen LogP contribution is -2.50. The number of anilines is 2. The van der Waals surface area contributed by atoms with E-state index >= 15 is 0 Å². The highest BCUT2D eigenvalue weighted by atomic mass is 16.6. The fourth-order valence-electron chi connectivity index (χ4n) is 2.95. The lowest BCUT2D eigenvalue weighted by atomic mass is 10.2. The fraction of sp³-hybridized carbons (Fsp3) is 0.667. The number of rotatable bonds is 8. The smallest absolute Gasteiger partial charge is 0.410 e. The number of carbonyl (C=O) groups excluding carboxylic acids is 1. The molecule has 0 saturated carbocycles. The Morgan fingerprint density at radius 3 is 2.57 bits per heavy atom. The van der Waals surface area contributed by atoms with Gasteiger partial charge in [0.25, 0.3) is 0 Å². The summed E-state index contributed by atoms with van der Waals surface area (Å²) < 4.78 is 11.3. The van der Waals surface area contributed by atoms with Gasteiger partial charge in [-0.1, -0.05) is 13.3 Å². The molecule has 158 valence electrons. The van der Waals surface area contributed by atoms with Gasteiger partial charge in [-0.15, -0.1) is 0 Å². The third kappa shape index (κ3) is 7.46. The van der Waals surface area contributed by atoms with Crippen molar-refractivity contribution < 1.29 is 14.3 Å². The Morgan fingerprint density at radius 1 is 1.21 bits per heavy atom. The van der Waals surface area contributed by atoms with Crippen molar-refractivity contribution in [1.29, 1.82) is 0 Å². The van der Waals surface area contributed by atoms with Crippen LogP contribution in [0.2, 0.25) is 0 Å². The van der Waals surface area contributed by atoms with Crippen molar-refractivity contribution >= 4 is 17.5 Å². The van der Waals surface area contributed by atoms with E-state index in [0.717, 1.165) is 56.1 Å². The number of nitrogens with two attached hydrogens (primary N) is 1. The van der Waals surface area contributed by atoms with E-state index in [9.17, 15) is 4.79 Å². The van der Waals surface area contributed by atoms with Gasteiger partial charge in [0.1, 0.15) is 18.0 Å². The van der Waals surface area contributed by atoms with Crippen LogP contribution in [0.15, 0.2) is 18.2 Å². The van der Waals surface area contributed by atoms with Gasteiger partial charge >= 0.3 is 6.09 Å². The molecule has 7 heteroatoms. The van der Waals surface area contributed by atoms with Gasteiger partial charge in [-0.25, -0.2) is 4.79 Å². The van der Waals surface area contributed by atoms with Crippen molar-refractivity contribution in [3.05, 3.63) is 18.2 Å². The van der Waals surface area contributed by atoms with E-state index in [1.54, 1.807) is 4.90 Å². The average molecular weight is 393 g/mol. The molecule has 1 heterocycles. The lowest BCUT2D eigenvalue weighted by Gasteiger charge is -2.35. The average Bonchev–Trinajstić information content (AvgIpc) is 2.63.